The number of rotatable bonds is 4. The summed E-state index contributed by atoms with van der Waals surface area (Å²) in [7, 11) is 0. The van der Waals surface area contributed by atoms with E-state index in [9.17, 15) is 0 Å². The van der Waals surface area contributed by atoms with Crippen molar-refractivity contribution >= 4 is 6.21 Å². The van der Waals surface area contributed by atoms with Crippen LogP contribution in [0.3, 0.4) is 0 Å². The monoisotopic (exact) mass is 164 g/mol. The van der Waals surface area contributed by atoms with Crippen LogP contribution >= 0.6 is 0 Å². The molecule has 0 unspecified atom stereocenters. The van der Waals surface area contributed by atoms with Crippen molar-refractivity contribution in [3.05, 3.63) is 0 Å². The van der Waals surface area contributed by atoms with E-state index >= 15 is 0 Å². The highest BCUT2D eigenvalue weighted by atomic mass is 16.4. The van der Waals surface area contributed by atoms with E-state index in [0.29, 0.717) is 0 Å². The standard InChI is InChI=1S/C5H12N2O4/c6-7-1-3(9)5(11)4(10)2-8/h1,3-5,8-11H,2,6H2/t3-,4-,5+/m1/s1. The van der Waals surface area contributed by atoms with Gasteiger partial charge in [-0.25, -0.2) is 0 Å². The number of hydrazone groups is 1. The van der Waals surface area contributed by atoms with E-state index in [-0.39, 0.29) is 0 Å². The zero-order valence-corrected chi connectivity index (χ0v) is 5.83. The maximum absolute atomic E-state index is 8.91. The van der Waals surface area contributed by atoms with E-state index in [0.717, 1.165) is 6.21 Å². The van der Waals surface area contributed by atoms with Crippen molar-refractivity contribution in [1.82, 2.24) is 0 Å². The van der Waals surface area contributed by atoms with Gasteiger partial charge >= 0.3 is 0 Å². The van der Waals surface area contributed by atoms with Gasteiger partial charge in [-0.15, -0.1) is 0 Å². The second kappa shape index (κ2) is 5.03. The molecule has 0 bridgehead atoms. The normalized spacial score (nSPS) is 20.0. The molecule has 0 aromatic heterocycles. The molecular formula is C5H12N2O4. The van der Waals surface area contributed by atoms with Crippen LogP contribution in [-0.4, -0.2) is 51.6 Å². The molecule has 0 rings (SSSR count). The van der Waals surface area contributed by atoms with Crippen LogP contribution in [0.25, 0.3) is 0 Å². The van der Waals surface area contributed by atoms with Crippen LogP contribution in [0, 0.1) is 0 Å². The smallest absolute Gasteiger partial charge is 0.119 e. The van der Waals surface area contributed by atoms with E-state index in [1.54, 1.807) is 0 Å². The molecule has 0 amide bonds. The molecule has 6 N–H and O–H groups in total. The number of aliphatic hydroxyl groups is 4. The molecule has 0 saturated heterocycles. The Labute approximate surface area is 63.6 Å². The van der Waals surface area contributed by atoms with Gasteiger partial charge in [0.25, 0.3) is 0 Å². The predicted octanol–water partition coefficient (Wildman–Crippen LogP) is -2.99. The van der Waals surface area contributed by atoms with Crippen molar-refractivity contribution in [1.29, 1.82) is 0 Å². The number of hydrogen-bond donors (Lipinski definition) is 5. The Morgan fingerprint density at radius 2 is 1.91 bits per heavy atom. The van der Waals surface area contributed by atoms with Gasteiger partial charge in [-0.05, 0) is 0 Å². The predicted molar refractivity (Wildman–Crippen MR) is 37.8 cm³/mol. The fourth-order valence-electron chi connectivity index (χ4n) is 0.512. The molecular weight excluding hydrogens is 152 g/mol. The maximum atomic E-state index is 8.91. The van der Waals surface area contributed by atoms with Gasteiger partial charge in [-0.1, -0.05) is 0 Å². The number of hydrogen-bond acceptors (Lipinski definition) is 6. The summed E-state index contributed by atoms with van der Waals surface area (Å²) in [5.41, 5.74) is 0. The average Bonchev–Trinajstić information content (AvgIpc) is 2.02. The molecule has 6 nitrogen and oxygen atoms in total. The van der Waals surface area contributed by atoms with E-state index in [4.69, 9.17) is 20.4 Å². The molecule has 0 aliphatic carbocycles. The van der Waals surface area contributed by atoms with E-state index < -0.39 is 24.9 Å². The van der Waals surface area contributed by atoms with Crippen LogP contribution in [0.5, 0.6) is 0 Å². The molecule has 0 saturated carbocycles. The first-order chi connectivity index (χ1) is 5.13. The van der Waals surface area contributed by atoms with Crippen LogP contribution in [-0.2, 0) is 0 Å². The second-order valence-corrected chi connectivity index (χ2v) is 2.03. The Balaban J connectivity index is 3.90. The molecule has 0 aliphatic heterocycles. The molecule has 0 heterocycles. The lowest BCUT2D eigenvalue weighted by Gasteiger charge is -2.17. The SMILES string of the molecule is NN=C[C@@H](O)[C@H](O)[C@H](O)CO. The van der Waals surface area contributed by atoms with Gasteiger partial charge in [0, 0.05) is 0 Å². The second-order valence-electron chi connectivity index (χ2n) is 2.03. The number of aliphatic hydroxyl groups excluding tert-OH is 4. The summed E-state index contributed by atoms with van der Waals surface area (Å²) < 4.78 is 0. The van der Waals surface area contributed by atoms with E-state index in [2.05, 4.69) is 10.9 Å². The zero-order valence-electron chi connectivity index (χ0n) is 5.83. The lowest BCUT2D eigenvalue weighted by atomic mass is 10.1. The highest BCUT2D eigenvalue weighted by Crippen LogP contribution is 1.96. The first-order valence-electron chi connectivity index (χ1n) is 3.02. The molecule has 0 radical (unpaired) electrons. The third kappa shape index (κ3) is 3.28. The summed E-state index contributed by atoms with van der Waals surface area (Å²) >= 11 is 0. The molecule has 0 aromatic rings. The van der Waals surface area contributed by atoms with Crippen molar-refractivity contribution in [3.8, 4) is 0 Å². The van der Waals surface area contributed by atoms with Gasteiger partial charge in [-0.3, -0.25) is 0 Å². The van der Waals surface area contributed by atoms with Gasteiger partial charge in [0.05, 0.1) is 12.8 Å². The third-order valence-electron chi connectivity index (χ3n) is 1.17. The summed E-state index contributed by atoms with van der Waals surface area (Å²) in [5, 5.41) is 37.8. The average molecular weight is 164 g/mol. The number of nitrogens with zero attached hydrogens (tertiary/aromatic N) is 1. The minimum atomic E-state index is -1.47. The minimum absolute atomic E-state index is 0.628. The first-order valence-corrected chi connectivity index (χ1v) is 3.02. The molecule has 0 aliphatic rings. The van der Waals surface area contributed by atoms with Gasteiger partial charge in [0.2, 0.25) is 0 Å². The Morgan fingerprint density at radius 3 is 2.27 bits per heavy atom. The zero-order chi connectivity index (χ0) is 8.85. The topological polar surface area (TPSA) is 119 Å². The van der Waals surface area contributed by atoms with Crippen LogP contribution in [0.15, 0.2) is 5.10 Å². The molecule has 66 valence electrons. The quantitative estimate of drug-likeness (QED) is 0.172. The van der Waals surface area contributed by atoms with Crippen LogP contribution in [0.2, 0.25) is 0 Å². The highest BCUT2D eigenvalue weighted by molar-refractivity contribution is 5.63. The van der Waals surface area contributed by atoms with Gasteiger partial charge in [-0.2, -0.15) is 5.10 Å². The van der Waals surface area contributed by atoms with Gasteiger partial charge < -0.3 is 26.3 Å². The summed E-state index contributed by atoms with van der Waals surface area (Å²) in [6.45, 7) is -0.628. The van der Waals surface area contributed by atoms with Crippen molar-refractivity contribution in [2.75, 3.05) is 6.61 Å². The van der Waals surface area contributed by atoms with Crippen molar-refractivity contribution in [3.63, 3.8) is 0 Å². The summed E-state index contributed by atoms with van der Waals surface area (Å²) in [4.78, 5) is 0. The lowest BCUT2D eigenvalue weighted by Crippen LogP contribution is -2.40. The largest absolute Gasteiger partial charge is 0.394 e. The maximum Gasteiger partial charge on any atom is 0.119 e. The summed E-state index contributed by atoms with van der Waals surface area (Å²) in [6, 6.07) is 0. The Kier molecular flexibility index (Phi) is 4.71. The molecule has 0 fully saturated rings. The molecule has 3 atom stereocenters. The van der Waals surface area contributed by atoms with Crippen LogP contribution in [0.1, 0.15) is 0 Å². The van der Waals surface area contributed by atoms with Gasteiger partial charge in [0.1, 0.15) is 18.3 Å². The minimum Gasteiger partial charge on any atom is -0.394 e. The molecule has 11 heavy (non-hydrogen) atoms. The highest BCUT2D eigenvalue weighted by Gasteiger charge is 2.22. The van der Waals surface area contributed by atoms with E-state index in [1.165, 1.54) is 0 Å². The van der Waals surface area contributed by atoms with Crippen LogP contribution in [0.4, 0.5) is 0 Å². The first kappa shape index (κ1) is 10.3. The van der Waals surface area contributed by atoms with E-state index in [1.807, 2.05) is 0 Å². The fraction of sp³-hybridized carbons (Fsp3) is 0.800. The Bertz CT molecular complexity index is 130. The molecule has 0 spiro atoms. The number of nitrogens with two attached hydrogens (primary N) is 1. The fourth-order valence-corrected chi connectivity index (χ4v) is 0.512. The molecule has 6 heteroatoms. The summed E-state index contributed by atoms with van der Waals surface area (Å²) in [5.74, 6) is 4.66. The summed E-state index contributed by atoms with van der Waals surface area (Å²) in [6.07, 6.45) is -3.35. The Hall–Kier alpha value is -0.690. The Morgan fingerprint density at radius 1 is 1.36 bits per heavy atom. The van der Waals surface area contributed by atoms with Crippen molar-refractivity contribution < 1.29 is 20.4 Å². The lowest BCUT2D eigenvalue weighted by molar-refractivity contribution is -0.0541. The van der Waals surface area contributed by atoms with Gasteiger partial charge in [0.15, 0.2) is 0 Å². The van der Waals surface area contributed by atoms with Crippen molar-refractivity contribution in [2.24, 2.45) is 10.9 Å². The third-order valence-corrected chi connectivity index (χ3v) is 1.17. The molecule has 0 aromatic carbocycles. The van der Waals surface area contributed by atoms with Crippen molar-refractivity contribution in [2.45, 2.75) is 18.3 Å². The van der Waals surface area contributed by atoms with Crippen LogP contribution < -0.4 is 5.84 Å².